The van der Waals surface area contributed by atoms with E-state index in [1.807, 2.05) is 11.7 Å². The maximum Gasteiger partial charge on any atom is 0.0843 e. The van der Waals surface area contributed by atoms with Crippen molar-refractivity contribution in [3.63, 3.8) is 0 Å². The number of rotatable bonds is 4. The molecule has 0 spiro atoms. The maximum atomic E-state index is 5.80. The number of benzene rings is 1. The van der Waals surface area contributed by atoms with Crippen LogP contribution in [0.2, 0.25) is 0 Å². The second-order valence-corrected chi connectivity index (χ2v) is 5.77. The largest absolute Gasteiger partial charge is 0.300 e. The van der Waals surface area contributed by atoms with Crippen LogP contribution >= 0.6 is 11.6 Å². The normalized spacial score (nSPS) is 17.9. The Bertz CT molecular complexity index is 572. The molecule has 1 aliphatic heterocycles. The fourth-order valence-corrected chi connectivity index (χ4v) is 3.15. The zero-order valence-corrected chi connectivity index (χ0v) is 12.7. The van der Waals surface area contributed by atoms with Crippen molar-refractivity contribution in [2.45, 2.75) is 6.54 Å². The number of piperazine rings is 1. The van der Waals surface area contributed by atoms with Crippen molar-refractivity contribution in [2.75, 3.05) is 38.6 Å². The third-order valence-electron chi connectivity index (χ3n) is 4.07. The fraction of sp³-hybridized carbons (Fsp3) is 0.533. The molecule has 0 bridgehead atoms. The minimum atomic E-state index is 0.727. The van der Waals surface area contributed by atoms with Crippen molar-refractivity contribution in [2.24, 2.45) is 7.05 Å². The van der Waals surface area contributed by atoms with E-state index in [4.69, 9.17) is 11.6 Å². The molecule has 1 aliphatic rings. The van der Waals surface area contributed by atoms with Gasteiger partial charge in [-0.3, -0.25) is 14.5 Å². The SMILES string of the molecule is Cn1nc(CN2CCN(CCCl)CC2)c2ccccc21. The molecular formula is C15H21ClN4. The molecule has 0 atom stereocenters. The van der Waals surface area contributed by atoms with Crippen LogP contribution in [-0.4, -0.2) is 58.2 Å². The highest BCUT2D eigenvalue weighted by Crippen LogP contribution is 2.19. The Kier molecular flexibility index (Phi) is 4.24. The molecule has 2 aromatic rings. The highest BCUT2D eigenvalue weighted by Gasteiger charge is 2.18. The second kappa shape index (κ2) is 6.12. The summed E-state index contributed by atoms with van der Waals surface area (Å²) >= 11 is 5.80. The van der Waals surface area contributed by atoms with E-state index >= 15 is 0 Å². The molecule has 1 aromatic heterocycles. The number of hydrogen-bond acceptors (Lipinski definition) is 3. The molecule has 1 saturated heterocycles. The van der Waals surface area contributed by atoms with Crippen LogP contribution in [0.4, 0.5) is 0 Å². The Morgan fingerprint density at radius 1 is 1.10 bits per heavy atom. The lowest BCUT2D eigenvalue weighted by Gasteiger charge is -2.33. The number of fused-ring (bicyclic) bond motifs is 1. The number of alkyl halides is 1. The Labute approximate surface area is 124 Å². The quantitative estimate of drug-likeness (QED) is 0.805. The van der Waals surface area contributed by atoms with Crippen LogP contribution in [0.25, 0.3) is 10.9 Å². The molecule has 0 amide bonds. The van der Waals surface area contributed by atoms with Crippen molar-refractivity contribution in [1.82, 2.24) is 19.6 Å². The van der Waals surface area contributed by atoms with Gasteiger partial charge in [-0.1, -0.05) is 18.2 Å². The molecular weight excluding hydrogens is 272 g/mol. The average molecular weight is 293 g/mol. The van der Waals surface area contributed by atoms with Crippen molar-refractivity contribution in [3.8, 4) is 0 Å². The summed E-state index contributed by atoms with van der Waals surface area (Å²) in [5.74, 6) is 0.727. The van der Waals surface area contributed by atoms with E-state index in [0.717, 1.165) is 45.1 Å². The van der Waals surface area contributed by atoms with Crippen LogP contribution in [0.3, 0.4) is 0 Å². The van der Waals surface area contributed by atoms with Gasteiger partial charge in [0, 0.05) is 57.6 Å². The molecule has 0 radical (unpaired) electrons. The van der Waals surface area contributed by atoms with E-state index < -0.39 is 0 Å². The lowest BCUT2D eigenvalue weighted by molar-refractivity contribution is 0.131. The van der Waals surface area contributed by atoms with Crippen molar-refractivity contribution >= 4 is 22.5 Å². The van der Waals surface area contributed by atoms with Crippen molar-refractivity contribution in [1.29, 1.82) is 0 Å². The average Bonchev–Trinajstić information content (AvgIpc) is 2.79. The molecule has 108 valence electrons. The molecule has 5 heteroatoms. The van der Waals surface area contributed by atoms with Crippen molar-refractivity contribution < 1.29 is 0 Å². The number of nitrogens with zero attached hydrogens (tertiary/aromatic N) is 4. The molecule has 20 heavy (non-hydrogen) atoms. The van der Waals surface area contributed by atoms with Crippen LogP contribution in [0, 0.1) is 0 Å². The number of halogens is 1. The van der Waals surface area contributed by atoms with Gasteiger partial charge in [0.05, 0.1) is 11.2 Å². The summed E-state index contributed by atoms with van der Waals surface area (Å²) in [5, 5.41) is 5.96. The van der Waals surface area contributed by atoms with Gasteiger partial charge in [-0.05, 0) is 6.07 Å². The first kappa shape index (κ1) is 13.9. The molecule has 4 nitrogen and oxygen atoms in total. The second-order valence-electron chi connectivity index (χ2n) is 5.39. The zero-order chi connectivity index (χ0) is 13.9. The standard InChI is InChI=1S/C15H21ClN4/c1-18-15-5-3-2-4-13(15)14(17-18)12-20-10-8-19(7-6-16)9-11-20/h2-5H,6-12H2,1H3. The van der Waals surface area contributed by atoms with E-state index in [0.29, 0.717) is 0 Å². The first-order chi connectivity index (χ1) is 9.78. The lowest BCUT2D eigenvalue weighted by atomic mass is 10.2. The predicted molar refractivity (Wildman–Crippen MR) is 83.2 cm³/mol. The molecule has 0 saturated carbocycles. The van der Waals surface area contributed by atoms with Crippen LogP contribution in [0.15, 0.2) is 24.3 Å². The first-order valence-electron chi connectivity index (χ1n) is 7.19. The number of aromatic nitrogens is 2. The minimum Gasteiger partial charge on any atom is -0.300 e. The smallest absolute Gasteiger partial charge is 0.0843 e. The molecule has 1 aromatic carbocycles. The van der Waals surface area contributed by atoms with Gasteiger partial charge in [-0.15, -0.1) is 11.6 Å². The van der Waals surface area contributed by atoms with Crippen LogP contribution in [0.1, 0.15) is 5.69 Å². The third kappa shape index (κ3) is 2.82. The summed E-state index contributed by atoms with van der Waals surface area (Å²) in [4.78, 5) is 4.92. The Morgan fingerprint density at radius 3 is 2.55 bits per heavy atom. The molecule has 0 N–H and O–H groups in total. The Hall–Kier alpha value is -1.10. The van der Waals surface area contributed by atoms with Gasteiger partial charge in [-0.25, -0.2) is 0 Å². The molecule has 2 heterocycles. The van der Waals surface area contributed by atoms with Crippen LogP contribution < -0.4 is 0 Å². The minimum absolute atomic E-state index is 0.727. The van der Waals surface area contributed by atoms with E-state index in [9.17, 15) is 0 Å². The van der Waals surface area contributed by atoms with E-state index in [2.05, 4.69) is 39.2 Å². The maximum absolute atomic E-state index is 5.80. The van der Waals surface area contributed by atoms with Gasteiger partial charge in [-0.2, -0.15) is 5.10 Å². The van der Waals surface area contributed by atoms with Gasteiger partial charge in [0.2, 0.25) is 0 Å². The van der Waals surface area contributed by atoms with Gasteiger partial charge in [0.15, 0.2) is 0 Å². The number of para-hydroxylation sites is 1. The monoisotopic (exact) mass is 292 g/mol. The van der Waals surface area contributed by atoms with Crippen LogP contribution in [-0.2, 0) is 13.6 Å². The van der Waals surface area contributed by atoms with Gasteiger partial charge in [0.1, 0.15) is 0 Å². The molecule has 1 fully saturated rings. The van der Waals surface area contributed by atoms with Crippen molar-refractivity contribution in [3.05, 3.63) is 30.0 Å². The molecule has 0 unspecified atom stereocenters. The fourth-order valence-electron chi connectivity index (χ4n) is 2.91. The summed E-state index contributed by atoms with van der Waals surface area (Å²) in [6.07, 6.45) is 0. The van der Waals surface area contributed by atoms with Gasteiger partial charge in [0.25, 0.3) is 0 Å². The summed E-state index contributed by atoms with van der Waals surface area (Å²) in [6, 6.07) is 8.45. The summed E-state index contributed by atoms with van der Waals surface area (Å²) in [6.45, 7) is 6.36. The molecule has 0 aliphatic carbocycles. The number of aryl methyl sites for hydroxylation is 1. The highest BCUT2D eigenvalue weighted by molar-refractivity contribution is 6.18. The van der Waals surface area contributed by atoms with Gasteiger partial charge >= 0.3 is 0 Å². The van der Waals surface area contributed by atoms with E-state index in [-0.39, 0.29) is 0 Å². The van der Waals surface area contributed by atoms with Crippen LogP contribution in [0.5, 0.6) is 0 Å². The third-order valence-corrected chi connectivity index (χ3v) is 4.24. The van der Waals surface area contributed by atoms with E-state index in [1.165, 1.54) is 16.6 Å². The Morgan fingerprint density at radius 2 is 1.80 bits per heavy atom. The first-order valence-corrected chi connectivity index (χ1v) is 7.72. The lowest BCUT2D eigenvalue weighted by Crippen LogP contribution is -2.46. The summed E-state index contributed by atoms with van der Waals surface area (Å²) < 4.78 is 1.98. The molecule has 3 rings (SSSR count). The predicted octanol–water partition coefficient (Wildman–Crippen LogP) is 1.93. The van der Waals surface area contributed by atoms with E-state index in [1.54, 1.807) is 0 Å². The topological polar surface area (TPSA) is 24.3 Å². The van der Waals surface area contributed by atoms with Gasteiger partial charge < -0.3 is 0 Å². The summed E-state index contributed by atoms with van der Waals surface area (Å²) in [5.41, 5.74) is 2.40. The zero-order valence-electron chi connectivity index (χ0n) is 11.9. The summed E-state index contributed by atoms with van der Waals surface area (Å²) in [7, 11) is 2.02. The Balaban J connectivity index is 1.69. The highest BCUT2D eigenvalue weighted by atomic mass is 35.5. The number of hydrogen-bond donors (Lipinski definition) is 0.